The van der Waals surface area contributed by atoms with Gasteiger partial charge in [-0.15, -0.1) is 0 Å². The van der Waals surface area contributed by atoms with E-state index in [4.69, 9.17) is 10.2 Å². The molecule has 0 spiro atoms. The average molecular weight is 402 g/mol. The summed E-state index contributed by atoms with van der Waals surface area (Å²) in [5.41, 5.74) is -1.50. The van der Waals surface area contributed by atoms with Gasteiger partial charge in [0.05, 0.1) is 11.1 Å². The number of carboxylic acids is 2. The summed E-state index contributed by atoms with van der Waals surface area (Å²) < 4.78 is 63.9. The van der Waals surface area contributed by atoms with Gasteiger partial charge in [0.2, 0.25) is 0 Å². The first-order valence-corrected chi connectivity index (χ1v) is 9.40. The van der Waals surface area contributed by atoms with E-state index in [9.17, 15) is 35.5 Å². The fourth-order valence-electron chi connectivity index (χ4n) is 2.18. The normalized spacial score (nSPS) is 11.9. The Kier molecular flexibility index (Phi) is 4.88. The molecule has 0 atom stereocenters. The Bertz CT molecular complexity index is 1040. The zero-order valence-corrected chi connectivity index (χ0v) is 14.2. The Morgan fingerprint density at radius 1 is 0.654 bits per heavy atom. The van der Waals surface area contributed by atoms with E-state index in [2.05, 4.69) is 0 Å². The van der Waals surface area contributed by atoms with Crippen molar-refractivity contribution in [3.63, 3.8) is 0 Å². The number of rotatable bonds is 5. The largest absolute Gasteiger partial charge is 0.478 e. The van der Waals surface area contributed by atoms with Crippen LogP contribution in [0.3, 0.4) is 0 Å². The Balaban J connectivity index is 2.78. The molecule has 0 heterocycles. The molecule has 10 nitrogen and oxygen atoms in total. The highest BCUT2D eigenvalue weighted by Gasteiger charge is 2.23. The maximum absolute atomic E-state index is 11.4. The van der Waals surface area contributed by atoms with Crippen molar-refractivity contribution in [2.75, 3.05) is 0 Å². The van der Waals surface area contributed by atoms with E-state index in [-0.39, 0.29) is 11.1 Å². The smallest absolute Gasteiger partial charge is 0.337 e. The molecule has 2 aromatic rings. The second-order valence-corrected chi connectivity index (χ2v) is 7.76. The predicted molar refractivity (Wildman–Crippen MR) is 85.4 cm³/mol. The first kappa shape index (κ1) is 19.5. The number of carboxylic acid groups (broad SMARTS) is 2. The summed E-state index contributed by atoms with van der Waals surface area (Å²) in [5, 5.41) is 18.0. The summed E-state index contributed by atoms with van der Waals surface area (Å²) >= 11 is 0. The van der Waals surface area contributed by atoms with E-state index in [0.29, 0.717) is 0 Å². The molecular weight excluding hydrogens is 392 g/mol. The number of benzene rings is 2. The first-order valence-electron chi connectivity index (χ1n) is 6.52. The van der Waals surface area contributed by atoms with Gasteiger partial charge in [-0.25, -0.2) is 9.59 Å². The van der Waals surface area contributed by atoms with Crippen molar-refractivity contribution in [3.8, 4) is 11.1 Å². The van der Waals surface area contributed by atoms with Crippen molar-refractivity contribution in [1.29, 1.82) is 0 Å². The van der Waals surface area contributed by atoms with Gasteiger partial charge >= 0.3 is 11.9 Å². The van der Waals surface area contributed by atoms with Crippen molar-refractivity contribution in [1.82, 2.24) is 0 Å². The molecule has 0 amide bonds. The van der Waals surface area contributed by atoms with Crippen molar-refractivity contribution in [3.05, 3.63) is 47.5 Å². The number of carbonyl (C=O) groups is 2. The summed E-state index contributed by atoms with van der Waals surface area (Å²) in [6.45, 7) is 0. The van der Waals surface area contributed by atoms with Gasteiger partial charge in [-0.05, 0) is 35.4 Å². The molecule has 0 radical (unpaired) electrons. The summed E-state index contributed by atoms with van der Waals surface area (Å²) in [6, 6.07) is 5.56. The minimum absolute atomic E-state index is 0.0375. The van der Waals surface area contributed by atoms with E-state index < -0.39 is 53.1 Å². The number of hydrogen-bond donors (Lipinski definition) is 4. The third kappa shape index (κ3) is 3.88. The standard InChI is InChI=1S/C14H10O10S2/c15-13(16)9-3-1-7(5-11(9)25(19,20)21)8-2-4-10(14(17)18)12(6-8)26(22,23)24/h1-6H,(H,15,16)(H,17,18)(H,19,20,21)(H,22,23,24). The van der Waals surface area contributed by atoms with E-state index >= 15 is 0 Å². The van der Waals surface area contributed by atoms with Crippen LogP contribution in [-0.2, 0) is 20.2 Å². The molecule has 0 aliphatic carbocycles. The zero-order chi connectivity index (χ0) is 19.9. The highest BCUT2D eigenvalue weighted by Crippen LogP contribution is 2.29. The lowest BCUT2D eigenvalue weighted by Crippen LogP contribution is -2.09. The van der Waals surface area contributed by atoms with E-state index in [0.717, 1.165) is 36.4 Å². The third-order valence-corrected chi connectivity index (χ3v) is 5.10. The predicted octanol–water partition coefficient (Wildman–Crippen LogP) is 1.24. The van der Waals surface area contributed by atoms with Crippen LogP contribution < -0.4 is 0 Å². The molecule has 4 N–H and O–H groups in total. The second kappa shape index (κ2) is 6.49. The monoisotopic (exact) mass is 402 g/mol. The van der Waals surface area contributed by atoms with E-state index in [1.54, 1.807) is 0 Å². The van der Waals surface area contributed by atoms with Crippen molar-refractivity contribution < 1.29 is 45.7 Å². The van der Waals surface area contributed by atoms with E-state index in [1.807, 2.05) is 0 Å². The minimum Gasteiger partial charge on any atom is -0.478 e. The molecule has 12 heteroatoms. The van der Waals surface area contributed by atoms with Gasteiger partial charge in [-0.2, -0.15) is 16.8 Å². The Hall–Kier alpha value is -2.80. The van der Waals surface area contributed by atoms with E-state index in [1.165, 1.54) is 0 Å². The van der Waals surface area contributed by atoms with Crippen LogP contribution in [0.25, 0.3) is 11.1 Å². The van der Waals surface area contributed by atoms with Crippen LogP contribution in [-0.4, -0.2) is 48.1 Å². The lowest BCUT2D eigenvalue weighted by molar-refractivity contribution is 0.0682. The Labute approximate surface area is 146 Å². The quantitative estimate of drug-likeness (QED) is 0.531. The van der Waals surface area contributed by atoms with Crippen molar-refractivity contribution in [2.24, 2.45) is 0 Å². The zero-order valence-electron chi connectivity index (χ0n) is 12.5. The molecule has 0 bridgehead atoms. The molecule has 26 heavy (non-hydrogen) atoms. The molecule has 0 saturated carbocycles. The van der Waals surface area contributed by atoms with Crippen LogP contribution in [0.1, 0.15) is 20.7 Å². The molecule has 138 valence electrons. The topological polar surface area (TPSA) is 183 Å². The maximum Gasteiger partial charge on any atom is 0.337 e. The van der Waals surface area contributed by atoms with Crippen LogP contribution in [0.15, 0.2) is 46.2 Å². The SMILES string of the molecule is O=C(O)c1ccc(-c2ccc(C(=O)O)c(S(=O)(=O)O)c2)cc1S(=O)(=O)O. The average Bonchev–Trinajstić information content (AvgIpc) is 2.51. The lowest BCUT2D eigenvalue weighted by Gasteiger charge is -2.10. The lowest BCUT2D eigenvalue weighted by atomic mass is 10.0. The Morgan fingerprint density at radius 2 is 0.962 bits per heavy atom. The third-order valence-electron chi connectivity index (χ3n) is 3.31. The minimum atomic E-state index is -4.91. The van der Waals surface area contributed by atoms with Crippen LogP contribution in [0.4, 0.5) is 0 Å². The van der Waals surface area contributed by atoms with Crippen LogP contribution >= 0.6 is 0 Å². The van der Waals surface area contributed by atoms with Gasteiger partial charge in [0.15, 0.2) is 0 Å². The van der Waals surface area contributed by atoms with Gasteiger partial charge < -0.3 is 10.2 Å². The number of hydrogen-bond acceptors (Lipinski definition) is 6. The number of aromatic carboxylic acids is 2. The molecule has 2 rings (SSSR count). The van der Waals surface area contributed by atoms with Crippen molar-refractivity contribution in [2.45, 2.75) is 9.79 Å². The van der Waals surface area contributed by atoms with Crippen LogP contribution in [0, 0.1) is 0 Å². The fraction of sp³-hybridized carbons (Fsp3) is 0. The Morgan fingerprint density at radius 3 is 1.19 bits per heavy atom. The van der Waals surface area contributed by atoms with Gasteiger partial charge in [0.25, 0.3) is 20.2 Å². The summed E-state index contributed by atoms with van der Waals surface area (Å²) in [5.74, 6) is -3.24. The first-order chi connectivity index (χ1) is 11.8. The molecule has 0 saturated heterocycles. The fourth-order valence-corrected chi connectivity index (χ4v) is 3.60. The summed E-state index contributed by atoms with van der Waals surface area (Å²) in [6.07, 6.45) is 0. The molecule has 0 unspecified atom stereocenters. The van der Waals surface area contributed by atoms with Crippen LogP contribution in [0.5, 0.6) is 0 Å². The highest BCUT2D eigenvalue weighted by atomic mass is 32.2. The molecule has 0 fully saturated rings. The van der Waals surface area contributed by atoms with Gasteiger partial charge in [0.1, 0.15) is 9.79 Å². The van der Waals surface area contributed by atoms with Gasteiger partial charge in [-0.1, -0.05) is 12.1 Å². The molecular formula is C14H10O10S2. The molecule has 0 aliphatic heterocycles. The molecule has 2 aromatic carbocycles. The molecule has 0 aromatic heterocycles. The van der Waals surface area contributed by atoms with Gasteiger partial charge in [0, 0.05) is 0 Å². The highest BCUT2D eigenvalue weighted by molar-refractivity contribution is 7.86. The second-order valence-electron chi connectivity index (χ2n) is 4.98. The van der Waals surface area contributed by atoms with Crippen LogP contribution in [0.2, 0.25) is 0 Å². The molecule has 0 aliphatic rings. The maximum atomic E-state index is 11.4. The summed E-state index contributed by atoms with van der Waals surface area (Å²) in [4.78, 5) is 20.3. The van der Waals surface area contributed by atoms with Crippen molar-refractivity contribution >= 4 is 32.2 Å². The van der Waals surface area contributed by atoms with Gasteiger partial charge in [-0.3, -0.25) is 9.11 Å². The summed E-state index contributed by atoms with van der Waals surface area (Å²) in [7, 11) is -9.82.